The second-order valence-corrected chi connectivity index (χ2v) is 7.24. The van der Waals surface area contributed by atoms with Crippen molar-refractivity contribution in [2.24, 2.45) is 11.1 Å². The molecule has 2 nitrogen and oxygen atoms in total. The van der Waals surface area contributed by atoms with Gasteiger partial charge < -0.3 is 5.73 Å². The highest BCUT2D eigenvalue weighted by atomic mass is 79.9. The molecule has 1 aromatic carbocycles. The Kier molecular flexibility index (Phi) is 4.70. The van der Waals surface area contributed by atoms with E-state index < -0.39 is 0 Å². The van der Waals surface area contributed by atoms with E-state index >= 15 is 0 Å². The summed E-state index contributed by atoms with van der Waals surface area (Å²) in [6, 6.07) is 7.30. The van der Waals surface area contributed by atoms with Gasteiger partial charge in [0.2, 0.25) is 0 Å². The molecule has 1 aliphatic rings. The zero-order valence-corrected chi connectivity index (χ0v) is 13.8. The average Bonchev–Trinajstić information content (AvgIpc) is 2.79. The first-order valence-corrected chi connectivity index (χ1v) is 7.98. The number of aryl methyl sites for hydroxylation is 1. The van der Waals surface area contributed by atoms with E-state index in [0.717, 1.165) is 19.6 Å². The Morgan fingerprint density at radius 3 is 2.79 bits per heavy atom. The number of rotatable bonds is 5. The van der Waals surface area contributed by atoms with Crippen LogP contribution in [0.3, 0.4) is 0 Å². The third-order valence-corrected chi connectivity index (χ3v) is 4.68. The summed E-state index contributed by atoms with van der Waals surface area (Å²) in [5, 5.41) is 0. The zero-order chi connectivity index (χ0) is 14.0. The van der Waals surface area contributed by atoms with Gasteiger partial charge in [0.15, 0.2) is 0 Å². The van der Waals surface area contributed by atoms with Crippen LogP contribution in [0.4, 0.5) is 0 Å². The summed E-state index contributed by atoms with van der Waals surface area (Å²) in [4.78, 5) is 2.59. The van der Waals surface area contributed by atoms with Crippen LogP contribution in [-0.2, 0) is 6.42 Å². The van der Waals surface area contributed by atoms with Gasteiger partial charge in [-0.05, 0) is 54.6 Å². The molecule has 1 unspecified atom stereocenters. The smallest absolute Gasteiger partial charge is 0.0354 e. The normalized spacial score (nSPS) is 18.9. The van der Waals surface area contributed by atoms with Crippen LogP contribution >= 0.6 is 15.9 Å². The van der Waals surface area contributed by atoms with Crippen LogP contribution in [0.5, 0.6) is 0 Å². The molecule has 0 radical (unpaired) electrons. The second kappa shape index (κ2) is 5.94. The first-order chi connectivity index (χ1) is 8.96. The molecule has 0 bridgehead atoms. The summed E-state index contributed by atoms with van der Waals surface area (Å²) in [6.07, 6.45) is 2.43. The topological polar surface area (TPSA) is 29.3 Å². The SMILES string of the molecule is CCN(CC(C)(C)CN)C1CCc2cc(Br)ccc21. The van der Waals surface area contributed by atoms with E-state index in [1.165, 1.54) is 28.4 Å². The Labute approximate surface area is 125 Å². The van der Waals surface area contributed by atoms with Gasteiger partial charge in [0.1, 0.15) is 0 Å². The summed E-state index contributed by atoms with van der Waals surface area (Å²) in [5.41, 5.74) is 9.09. The number of hydrogen-bond acceptors (Lipinski definition) is 2. The molecule has 0 fully saturated rings. The highest BCUT2D eigenvalue weighted by Gasteiger charge is 2.30. The molecular formula is C16H25BrN2. The molecule has 0 amide bonds. The van der Waals surface area contributed by atoms with Gasteiger partial charge in [-0.25, -0.2) is 0 Å². The number of halogens is 1. The van der Waals surface area contributed by atoms with E-state index in [4.69, 9.17) is 5.73 Å². The van der Waals surface area contributed by atoms with Gasteiger partial charge in [0.05, 0.1) is 0 Å². The minimum absolute atomic E-state index is 0.189. The summed E-state index contributed by atoms with van der Waals surface area (Å²) in [6.45, 7) is 9.66. The van der Waals surface area contributed by atoms with Crippen LogP contribution in [0, 0.1) is 5.41 Å². The predicted molar refractivity (Wildman–Crippen MR) is 85.3 cm³/mol. The van der Waals surface area contributed by atoms with E-state index in [1.54, 1.807) is 0 Å². The van der Waals surface area contributed by atoms with Gasteiger partial charge in [-0.3, -0.25) is 4.90 Å². The van der Waals surface area contributed by atoms with Gasteiger partial charge in [-0.1, -0.05) is 42.8 Å². The Morgan fingerprint density at radius 1 is 1.42 bits per heavy atom. The molecule has 1 atom stereocenters. The van der Waals surface area contributed by atoms with Crippen molar-refractivity contribution >= 4 is 15.9 Å². The third-order valence-electron chi connectivity index (χ3n) is 4.18. The van der Waals surface area contributed by atoms with Gasteiger partial charge in [0, 0.05) is 17.1 Å². The molecule has 0 aromatic heterocycles. The zero-order valence-electron chi connectivity index (χ0n) is 12.2. The second-order valence-electron chi connectivity index (χ2n) is 6.33. The average molecular weight is 325 g/mol. The van der Waals surface area contributed by atoms with Crippen LogP contribution in [0.2, 0.25) is 0 Å². The molecule has 0 aliphatic heterocycles. The maximum Gasteiger partial charge on any atom is 0.0354 e. The van der Waals surface area contributed by atoms with Crippen molar-refractivity contribution in [2.75, 3.05) is 19.6 Å². The number of nitrogens with zero attached hydrogens (tertiary/aromatic N) is 1. The maximum absolute atomic E-state index is 5.89. The number of fused-ring (bicyclic) bond motifs is 1. The third kappa shape index (κ3) is 3.39. The Hall–Kier alpha value is -0.380. The molecule has 2 rings (SSSR count). The van der Waals surface area contributed by atoms with Crippen molar-refractivity contribution in [3.63, 3.8) is 0 Å². The van der Waals surface area contributed by atoms with Crippen LogP contribution in [-0.4, -0.2) is 24.5 Å². The van der Waals surface area contributed by atoms with Crippen molar-refractivity contribution in [1.82, 2.24) is 4.90 Å². The van der Waals surface area contributed by atoms with Gasteiger partial charge >= 0.3 is 0 Å². The molecular weight excluding hydrogens is 300 g/mol. The largest absolute Gasteiger partial charge is 0.330 e. The summed E-state index contributed by atoms with van der Waals surface area (Å²) in [7, 11) is 0. The first-order valence-electron chi connectivity index (χ1n) is 7.19. The van der Waals surface area contributed by atoms with Crippen molar-refractivity contribution < 1.29 is 0 Å². The van der Waals surface area contributed by atoms with Gasteiger partial charge in [-0.15, -0.1) is 0 Å². The van der Waals surface area contributed by atoms with E-state index in [1.807, 2.05) is 0 Å². The standard InChI is InChI=1S/C16H25BrN2/c1-4-19(11-16(2,3)10-18)15-8-5-12-9-13(17)6-7-14(12)15/h6-7,9,15H,4-5,8,10-11,18H2,1-3H3. The Morgan fingerprint density at radius 2 is 2.16 bits per heavy atom. The Bertz CT molecular complexity index is 442. The van der Waals surface area contributed by atoms with Crippen LogP contribution < -0.4 is 5.73 Å². The molecule has 0 saturated carbocycles. The molecule has 19 heavy (non-hydrogen) atoms. The lowest BCUT2D eigenvalue weighted by molar-refractivity contribution is 0.138. The minimum Gasteiger partial charge on any atom is -0.330 e. The van der Waals surface area contributed by atoms with Crippen molar-refractivity contribution in [2.45, 2.75) is 39.7 Å². The number of benzene rings is 1. The van der Waals surface area contributed by atoms with Crippen molar-refractivity contribution in [3.05, 3.63) is 33.8 Å². The summed E-state index contributed by atoms with van der Waals surface area (Å²) >= 11 is 3.57. The fraction of sp³-hybridized carbons (Fsp3) is 0.625. The first kappa shape index (κ1) is 15.0. The lowest BCUT2D eigenvalue weighted by Gasteiger charge is -2.35. The van der Waals surface area contributed by atoms with E-state index in [9.17, 15) is 0 Å². The van der Waals surface area contributed by atoms with Gasteiger partial charge in [0.25, 0.3) is 0 Å². The quantitative estimate of drug-likeness (QED) is 0.893. The Balaban J connectivity index is 2.19. The number of hydrogen-bond donors (Lipinski definition) is 1. The van der Waals surface area contributed by atoms with Crippen LogP contribution in [0.25, 0.3) is 0 Å². The molecule has 0 heterocycles. The van der Waals surface area contributed by atoms with Crippen LogP contribution in [0.15, 0.2) is 22.7 Å². The predicted octanol–water partition coefficient (Wildman–Crippen LogP) is 3.74. The van der Waals surface area contributed by atoms with E-state index in [0.29, 0.717) is 6.04 Å². The maximum atomic E-state index is 5.89. The number of nitrogens with two attached hydrogens (primary N) is 1. The van der Waals surface area contributed by atoms with Crippen LogP contribution in [0.1, 0.15) is 44.4 Å². The molecule has 0 saturated heterocycles. The molecule has 1 aliphatic carbocycles. The molecule has 106 valence electrons. The van der Waals surface area contributed by atoms with Crippen molar-refractivity contribution in [1.29, 1.82) is 0 Å². The lowest BCUT2D eigenvalue weighted by atomic mass is 9.92. The summed E-state index contributed by atoms with van der Waals surface area (Å²) in [5.74, 6) is 0. The summed E-state index contributed by atoms with van der Waals surface area (Å²) < 4.78 is 1.19. The fourth-order valence-electron chi connectivity index (χ4n) is 3.00. The highest BCUT2D eigenvalue weighted by molar-refractivity contribution is 9.10. The minimum atomic E-state index is 0.189. The molecule has 1 aromatic rings. The lowest BCUT2D eigenvalue weighted by Crippen LogP contribution is -2.40. The van der Waals surface area contributed by atoms with Crippen molar-refractivity contribution in [3.8, 4) is 0 Å². The molecule has 2 N–H and O–H groups in total. The monoisotopic (exact) mass is 324 g/mol. The van der Waals surface area contributed by atoms with Gasteiger partial charge in [-0.2, -0.15) is 0 Å². The van der Waals surface area contributed by atoms with E-state index in [-0.39, 0.29) is 5.41 Å². The van der Waals surface area contributed by atoms with E-state index in [2.05, 4.69) is 59.8 Å². The fourth-order valence-corrected chi connectivity index (χ4v) is 3.41. The molecule has 3 heteroatoms. The molecule has 0 spiro atoms. The highest BCUT2D eigenvalue weighted by Crippen LogP contribution is 2.38.